The number of amides is 1. The number of benzene rings is 1. The highest BCUT2D eigenvalue weighted by Crippen LogP contribution is 2.29. The van der Waals surface area contributed by atoms with E-state index in [0.29, 0.717) is 6.54 Å². The van der Waals surface area contributed by atoms with E-state index in [1.54, 1.807) is 11.3 Å². The Kier molecular flexibility index (Phi) is 3.48. The molecule has 1 aromatic heterocycles. The summed E-state index contributed by atoms with van der Waals surface area (Å²) in [6.45, 7) is 2.17. The van der Waals surface area contributed by atoms with Crippen molar-refractivity contribution in [2.24, 2.45) is 0 Å². The minimum Gasteiger partial charge on any atom is -0.399 e. The maximum absolute atomic E-state index is 12.1. The lowest BCUT2D eigenvalue weighted by molar-refractivity contribution is -0.128. The van der Waals surface area contributed by atoms with Gasteiger partial charge in [-0.05, 0) is 31.0 Å². The minimum absolute atomic E-state index is 0.184. The molecule has 3 rings (SSSR count). The van der Waals surface area contributed by atoms with Crippen molar-refractivity contribution < 1.29 is 4.79 Å². The van der Waals surface area contributed by atoms with Crippen LogP contribution < -0.4 is 10.6 Å². The van der Waals surface area contributed by atoms with Crippen LogP contribution >= 0.6 is 11.3 Å². The van der Waals surface area contributed by atoms with Gasteiger partial charge in [0.1, 0.15) is 0 Å². The number of carbonyl (C=O) groups is 1. The van der Waals surface area contributed by atoms with Gasteiger partial charge in [-0.1, -0.05) is 11.3 Å². The van der Waals surface area contributed by atoms with Crippen LogP contribution in [0.15, 0.2) is 18.2 Å². The molecule has 2 aromatic rings. The van der Waals surface area contributed by atoms with Crippen molar-refractivity contribution in [3.63, 3.8) is 0 Å². The molecule has 1 amide bonds. The van der Waals surface area contributed by atoms with Gasteiger partial charge in [-0.3, -0.25) is 4.79 Å². The van der Waals surface area contributed by atoms with E-state index in [1.807, 2.05) is 35.0 Å². The Morgan fingerprint density at radius 3 is 2.95 bits per heavy atom. The summed E-state index contributed by atoms with van der Waals surface area (Å²) < 4.78 is 1.06. The molecule has 0 atom stereocenters. The number of fused-ring (bicyclic) bond motifs is 1. The molecule has 1 aliphatic rings. The lowest BCUT2D eigenvalue weighted by Gasteiger charge is -2.20. The zero-order valence-corrected chi connectivity index (χ0v) is 12.3. The Morgan fingerprint density at radius 1 is 1.45 bits per heavy atom. The van der Waals surface area contributed by atoms with Crippen LogP contribution in [-0.4, -0.2) is 42.5 Å². The number of aromatic nitrogens is 1. The second-order valence-corrected chi connectivity index (χ2v) is 6.18. The van der Waals surface area contributed by atoms with Crippen LogP contribution in [0.25, 0.3) is 10.2 Å². The van der Waals surface area contributed by atoms with Gasteiger partial charge in [0.05, 0.1) is 16.8 Å². The van der Waals surface area contributed by atoms with Crippen molar-refractivity contribution in [1.29, 1.82) is 0 Å². The molecule has 0 unspecified atom stereocenters. The van der Waals surface area contributed by atoms with Gasteiger partial charge >= 0.3 is 0 Å². The smallest absolute Gasteiger partial charge is 0.242 e. The van der Waals surface area contributed by atoms with Crippen LogP contribution in [0.4, 0.5) is 10.8 Å². The monoisotopic (exact) mass is 290 g/mol. The molecular weight excluding hydrogens is 272 g/mol. The van der Waals surface area contributed by atoms with Crippen molar-refractivity contribution in [2.75, 3.05) is 37.3 Å². The second-order valence-electron chi connectivity index (χ2n) is 5.17. The Labute approximate surface area is 122 Å². The summed E-state index contributed by atoms with van der Waals surface area (Å²) in [6.07, 6.45) is 2.24. The number of rotatable bonds is 3. The van der Waals surface area contributed by atoms with Crippen molar-refractivity contribution in [3.05, 3.63) is 18.2 Å². The summed E-state index contributed by atoms with van der Waals surface area (Å²) in [5.41, 5.74) is 7.45. The molecule has 0 aliphatic carbocycles. The Bertz CT molecular complexity index is 633. The fraction of sp³-hybridized carbons (Fsp3) is 0.429. The number of nitrogens with two attached hydrogens (primary N) is 1. The van der Waals surface area contributed by atoms with Gasteiger partial charge in [0.15, 0.2) is 5.13 Å². The molecule has 0 radical (unpaired) electrons. The van der Waals surface area contributed by atoms with Gasteiger partial charge in [0.25, 0.3) is 0 Å². The van der Waals surface area contributed by atoms with E-state index in [0.717, 1.165) is 47.0 Å². The van der Waals surface area contributed by atoms with Crippen LogP contribution in [0.5, 0.6) is 0 Å². The molecule has 0 saturated carbocycles. The minimum atomic E-state index is 0.184. The lowest BCUT2D eigenvalue weighted by Crippen LogP contribution is -2.37. The summed E-state index contributed by atoms with van der Waals surface area (Å²) in [7, 11) is 1.91. The van der Waals surface area contributed by atoms with E-state index in [4.69, 9.17) is 5.73 Å². The molecule has 1 saturated heterocycles. The van der Waals surface area contributed by atoms with E-state index in [2.05, 4.69) is 4.98 Å². The molecule has 6 heteroatoms. The van der Waals surface area contributed by atoms with Gasteiger partial charge < -0.3 is 15.5 Å². The first-order valence-electron chi connectivity index (χ1n) is 6.78. The first-order valence-corrected chi connectivity index (χ1v) is 7.60. The first-order chi connectivity index (χ1) is 9.63. The zero-order valence-electron chi connectivity index (χ0n) is 11.5. The number of likely N-dealkylation sites (tertiary alicyclic amines) is 1. The van der Waals surface area contributed by atoms with Crippen LogP contribution in [-0.2, 0) is 4.79 Å². The summed E-state index contributed by atoms with van der Waals surface area (Å²) in [6, 6.07) is 5.69. The Balaban J connectivity index is 1.74. The maximum atomic E-state index is 12.1. The van der Waals surface area contributed by atoms with E-state index in [1.165, 1.54) is 0 Å². The molecule has 106 valence electrons. The van der Waals surface area contributed by atoms with Crippen LogP contribution in [0, 0.1) is 0 Å². The lowest BCUT2D eigenvalue weighted by atomic mass is 10.3. The Morgan fingerprint density at radius 2 is 2.20 bits per heavy atom. The predicted octanol–water partition coefficient (Wildman–Crippen LogP) is 1.94. The maximum Gasteiger partial charge on any atom is 0.242 e. The van der Waals surface area contributed by atoms with Crippen molar-refractivity contribution >= 4 is 38.3 Å². The summed E-state index contributed by atoms with van der Waals surface area (Å²) >= 11 is 1.57. The second kappa shape index (κ2) is 5.28. The first kappa shape index (κ1) is 13.2. The van der Waals surface area contributed by atoms with Crippen molar-refractivity contribution in [3.8, 4) is 0 Å². The predicted molar refractivity (Wildman–Crippen MR) is 83.1 cm³/mol. The average Bonchev–Trinajstić information content (AvgIpc) is 3.07. The van der Waals surface area contributed by atoms with Crippen molar-refractivity contribution in [1.82, 2.24) is 9.88 Å². The molecule has 2 heterocycles. The number of likely N-dealkylation sites (N-methyl/N-ethyl adjacent to an activating group) is 1. The highest BCUT2D eigenvalue weighted by molar-refractivity contribution is 7.22. The van der Waals surface area contributed by atoms with Crippen LogP contribution in [0.3, 0.4) is 0 Å². The SMILES string of the molecule is CN(CC(=O)N1CCCC1)c1nc2ccc(N)cc2s1. The highest BCUT2D eigenvalue weighted by atomic mass is 32.1. The quantitative estimate of drug-likeness (QED) is 0.878. The van der Waals surface area contributed by atoms with Gasteiger partial charge in [-0.25, -0.2) is 4.98 Å². The number of hydrogen-bond acceptors (Lipinski definition) is 5. The molecule has 0 bridgehead atoms. The number of thiazole rings is 1. The third-order valence-corrected chi connectivity index (χ3v) is 4.69. The number of nitrogens with zero attached hydrogens (tertiary/aromatic N) is 3. The van der Waals surface area contributed by atoms with Crippen molar-refractivity contribution in [2.45, 2.75) is 12.8 Å². The van der Waals surface area contributed by atoms with Gasteiger partial charge in [-0.2, -0.15) is 0 Å². The third kappa shape index (κ3) is 2.56. The largest absolute Gasteiger partial charge is 0.399 e. The molecule has 0 spiro atoms. The molecule has 1 fully saturated rings. The molecular formula is C14H18N4OS. The molecule has 1 aliphatic heterocycles. The van der Waals surface area contributed by atoms with E-state index in [-0.39, 0.29) is 5.91 Å². The number of nitrogen functional groups attached to an aromatic ring is 1. The summed E-state index contributed by atoms with van der Waals surface area (Å²) in [4.78, 5) is 20.5. The molecule has 5 nitrogen and oxygen atoms in total. The topological polar surface area (TPSA) is 62.5 Å². The fourth-order valence-corrected chi connectivity index (χ4v) is 3.40. The fourth-order valence-electron chi connectivity index (χ4n) is 2.43. The van der Waals surface area contributed by atoms with E-state index in [9.17, 15) is 4.79 Å². The zero-order chi connectivity index (χ0) is 14.1. The standard InChI is InChI=1S/C14H18N4OS/c1-17(9-13(19)18-6-2-3-7-18)14-16-11-5-4-10(15)8-12(11)20-14/h4-5,8H,2-3,6-7,9,15H2,1H3. The highest BCUT2D eigenvalue weighted by Gasteiger charge is 2.20. The normalized spacial score (nSPS) is 14.9. The van der Waals surface area contributed by atoms with Gasteiger partial charge in [0, 0.05) is 25.8 Å². The molecule has 20 heavy (non-hydrogen) atoms. The van der Waals surface area contributed by atoms with Crippen LogP contribution in [0.2, 0.25) is 0 Å². The summed E-state index contributed by atoms with van der Waals surface area (Å²) in [5.74, 6) is 0.184. The van der Waals surface area contributed by atoms with E-state index < -0.39 is 0 Å². The summed E-state index contributed by atoms with van der Waals surface area (Å²) in [5, 5.41) is 0.859. The number of anilines is 2. The average molecular weight is 290 g/mol. The number of hydrogen-bond donors (Lipinski definition) is 1. The Hall–Kier alpha value is -1.82. The molecule has 2 N–H and O–H groups in total. The van der Waals surface area contributed by atoms with Crippen LogP contribution in [0.1, 0.15) is 12.8 Å². The molecule has 1 aromatic carbocycles. The van der Waals surface area contributed by atoms with Gasteiger partial charge in [-0.15, -0.1) is 0 Å². The van der Waals surface area contributed by atoms with E-state index >= 15 is 0 Å². The third-order valence-electron chi connectivity index (χ3n) is 3.56. The van der Waals surface area contributed by atoms with Gasteiger partial charge in [0.2, 0.25) is 5.91 Å². The number of carbonyl (C=O) groups excluding carboxylic acids is 1.